The highest BCUT2D eigenvalue weighted by atomic mass is 32.2. The van der Waals surface area contributed by atoms with Crippen LogP contribution in [0.5, 0.6) is 0 Å². The standard InChI is InChI=1S/C14H17NO2S/c1-3-11(2)17-14(16)10-18-9-13-7-5-4-6-12(13)8-15/h4-7,11H,3,9-10H2,1-2H3. The predicted molar refractivity (Wildman–Crippen MR) is 73.2 cm³/mol. The van der Waals surface area contributed by atoms with Crippen molar-refractivity contribution in [2.24, 2.45) is 0 Å². The van der Waals surface area contributed by atoms with Gasteiger partial charge in [-0.2, -0.15) is 5.26 Å². The molecule has 1 atom stereocenters. The summed E-state index contributed by atoms with van der Waals surface area (Å²) in [6.45, 7) is 3.86. The van der Waals surface area contributed by atoms with E-state index in [0.29, 0.717) is 17.1 Å². The lowest BCUT2D eigenvalue weighted by Gasteiger charge is -2.10. The molecular weight excluding hydrogens is 246 g/mol. The topological polar surface area (TPSA) is 50.1 Å². The van der Waals surface area contributed by atoms with Crippen LogP contribution in [0.25, 0.3) is 0 Å². The lowest BCUT2D eigenvalue weighted by molar-refractivity contribution is -0.144. The van der Waals surface area contributed by atoms with Gasteiger partial charge in [0.1, 0.15) is 0 Å². The van der Waals surface area contributed by atoms with E-state index in [4.69, 9.17) is 10.00 Å². The third-order valence-corrected chi connectivity index (χ3v) is 3.48. The molecule has 0 amide bonds. The van der Waals surface area contributed by atoms with Gasteiger partial charge >= 0.3 is 5.97 Å². The third kappa shape index (κ3) is 4.80. The zero-order chi connectivity index (χ0) is 13.4. The van der Waals surface area contributed by atoms with Crippen molar-refractivity contribution in [2.75, 3.05) is 5.75 Å². The Morgan fingerprint density at radius 2 is 2.22 bits per heavy atom. The van der Waals surface area contributed by atoms with Gasteiger partial charge in [0, 0.05) is 5.75 Å². The monoisotopic (exact) mass is 263 g/mol. The van der Waals surface area contributed by atoms with Crippen molar-refractivity contribution < 1.29 is 9.53 Å². The fourth-order valence-electron chi connectivity index (χ4n) is 1.34. The van der Waals surface area contributed by atoms with E-state index in [1.807, 2.05) is 32.0 Å². The second kappa shape index (κ2) is 7.78. The quantitative estimate of drug-likeness (QED) is 0.740. The van der Waals surface area contributed by atoms with Gasteiger partial charge in [0.2, 0.25) is 0 Å². The first-order valence-electron chi connectivity index (χ1n) is 5.92. The fourth-order valence-corrected chi connectivity index (χ4v) is 2.15. The molecule has 96 valence electrons. The number of carbonyl (C=O) groups excluding carboxylic acids is 1. The van der Waals surface area contributed by atoms with Crippen LogP contribution in [0, 0.1) is 11.3 Å². The first-order valence-corrected chi connectivity index (χ1v) is 7.08. The van der Waals surface area contributed by atoms with Crippen LogP contribution in [-0.2, 0) is 15.3 Å². The SMILES string of the molecule is CCC(C)OC(=O)CSCc1ccccc1C#N. The van der Waals surface area contributed by atoms with Gasteiger partial charge in [0.05, 0.1) is 23.5 Å². The van der Waals surface area contributed by atoms with E-state index >= 15 is 0 Å². The second-order valence-corrected chi connectivity index (χ2v) is 4.96. The Balaban J connectivity index is 2.38. The number of benzene rings is 1. The number of thioether (sulfide) groups is 1. The lowest BCUT2D eigenvalue weighted by Crippen LogP contribution is -2.15. The van der Waals surface area contributed by atoms with Crippen molar-refractivity contribution in [2.45, 2.75) is 32.1 Å². The van der Waals surface area contributed by atoms with Crippen molar-refractivity contribution in [1.82, 2.24) is 0 Å². The molecule has 0 aliphatic rings. The molecule has 0 aliphatic carbocycles. The minimum absolute atomic E-state index is 0.0236. The van der Waals surface area contributed by atoms with Crippen LogP contribution in [0.2, 0.25) is 0 Å². The van der Waals surface area contributed by atoms with Crippen molar-refractivity contribution in [3.63, 3.8) is 0 Å². The van der Waals surface area contributed by atoms with E-state index in [1.54, 1.807) is 6.07 Å². The van der Waals surface area contributed by atoms with Gasteiger partial charge in [-0.15, -0.1) is 11.8 Å². The van der Waals surface area contributed by atoms with Crippen molar-refractivity contribution in [3.8, 4) is 6.07 Å². The summed E-state index contributed by atoms with van der Waals surface area (Å²) in [7, 11) is 0. The highest BCUT2D eigenvalue weighted by Gasteiger charge is 2.08. The van der Waals surface area contributed by atoms with E-state index in [1.165, 1.54) is 11.8 Å². The van der Waals surface area contributed by atoms with Crippen LogP contribution in [0.1, 0.15) is 31.4 Å². The normalized spacial score (nSPS) is 11.6. The molecule has 0 radical (unpaired) electrons. The highest BCUT2D eigenvalue weighted by Crippen LogP contribution is 2.16. The molecule has 0 spiro atoms. The summed E-state index contributed by atoms with van der Waals surface area (Å²) in [6.07, 6.45) is 0.803. The minimum atomic E-state index is -0.191. The maximum absolute atomic E-state index is 11.4. The fraction of sp³-hybridized carbons (Fsp3) is 0.429. The van der Waals surface area contributed by atoms with Gasteiger partial charge in [-0.05, 0) is 25.0 Å². The summed E-state index contributed by atoms with van der Waals surface area (Å²) in [5, 5.41) is 8.93. The van der Waals surface area contributed by atoms with Crippen LogP contribution >= 0.6 is 11.8 Å². The van der Waals surface area contributed by atoms with Crippen LogP contribution < -0.4 is 0 Å². The molecule has 0 N–H and O–H groups in total. The van der Waals surface area contributed by atoms with E-state index in [9.17, 15) is 4.79 Å². The average Bonchev–Trinajstić information content (AvgIpc) is 2.39. The maximum Gasteiger partial charge on any atom is 0.316 e. The summed E-state index contributed by atoms with van der Waals surface area (Å²) in [5.41, 5.74) is 1.63. The maximum atomic E-state index is 11.4. The molecule has 1 rings (SSSR count). The molecule has 0 heterocycles. The average molecular weight is 263 g/mol. The molecule has 1 aromatic rings. The van der Waals surface area contributed by atoms with Gasteiger partial charge in [-0.1, -0.05) is 25.1 Å². The minimum Gasteiger partial charge on any atom is -0.462 e. The van der Waals surface area contributed by atoms with Crippen LogP contribution in [-0.4, -0.2) is 17.8 Å². The molecule has 18 heavy (non-hydrogen) atoms. The second-order valence-electron chi connectivity index (χ2n) is 3.97. The van der Waals surface area contributed by atoms with Gasteiger partial charge in [-0.3, -0.25) is 4.79 Å². The number of rotatable bonds is 6. The third-order valence-electron chi connectivity index (χ3n) is 2.52. The predicted octanol–water partition coefficient (Wildman–Crippen LogP) is 3.13. The van der Waals surface area contributed by atoms with E-state index < -0.39 is 0 Å². The van der Waals surface area contributed by atoms with E-state index in [0.717, 1.165) is 12.0 Å². The van der Waals surface area contributed by atoms with Gasteiger partial charge in [0.25, 0.3) is 0 Å². The highest BCUT2D eigenvalue weighted by molar-refractivity contribution is 7.99. The first kappa shape index (κ1) is 14.6. The number of nitrogens with zero attached hydrogens (tertiary/aromatic N) is 1. The zero-order valence-electron chi connectivity index (χ0n) is 10.7. The summed E-state index contributed by atoms with van der Waals surface area (Å²) in [4.78, 5) is 11.4. The Morgan fingerprint density at radius 1 is 1.50 bits per heavy atom. The van der Waals surface area contributed by atoms with Gasteiger partial charge in [-0.25, -0.2) is 0 Å². The number of esters is 1. The molecule has 0 fully saturated rings. The Kier molecular flexibility index (Phi) is 6.31. The molecule has 1 unspecified atom stereocenters. The number of nitriles is 1. The smallest absolute Gasteiger partial charge is 0.316 e. The Labute approximate surface area is 112 Å². The molecule has 3 nitrogen and oxygen atoms in total. The summed E-state index contributed by atoms with van der Waals surface area (Å²) < 4.78 is 5.17. The van der Waals surface area contributed by atoms with E-state index in [2.05, 4.69) is 6.07 Å². The number of hydrogen-bond acceptors (Lipinski definition) is 4. The van der Waals surface area contributed by atoms with Gasteiger partial charge in [0.15, 0.2) is 0 Å². The number of hydrogen-bond donors (Lipinski definition) is 0. The van der Waals surface area contributed by atoms with Crippen LogP contribution in [0.4, 0.5) is 0 Å². The molecule has 4 heteroatoms. The van der Waals surface area contributed by atoms with Crippen molar-refractivity contribution in [3.05, 3.63) is 35.4 Å². The zero-order valence-corrected chi connectivity index (χ0v) is 11.5. The molecular formula is C14H17NO2S. The molecule has 0 saturated heterocycles. The lowest BCUT2D eigenvalue weighted by atomic mass is 10.1. The Hall–Kier alpha value is -1.47. The van der Waals surface area contributed by atoms with Gasteiger partial charge < -0.3 is 4.74 Å². The molecule has 0 bridgehead atoms. The summed E-state index contributed by atoms with van der Waals surface area (Å²) >= 11 is 1.47. The Bertz CT molecular complexity index is 440. The number of ether oxygens (including phenoxy) is 1. The summed E-state index contributed by atoms with van der Waals surface area (Å²) in [6, 6.07) is 9.57. The molecule has 0 aliphatic heterocycles. The Morgan fingerprint density at radius 3 is 2.89 bits per heavy atom. The van der Waals surface area contributed by atoms with Crippen LogP contribution in [0.3, 0.4) is 0 Å². The molecule has 0 saturated carbocycles. The van der Waals surface area contributed by atoms with Crippen LogP contribution in [0.15, 0.2) is 24.3 Å². The summed E-state index contributed by atoms with van der Waals surface area (Å²) in [5.74, 6) is 0.785. The molecule has 0 aromatic heterocycles. The largest absolute Gasteiger partial charge is 0.462 e. The van der Waals surface area contributed by atoms with Crippen molar-refractivity contribution >= 4 is 17.7 Å². The van der Waals surface area contributed by atoms with E-state index in [-0.39, 0.29) is 12.1 Å². The van der Waals surface area contributed by atoms with Crippen molar-refractivity contribution in [1.29, 1.82) is 5.26 Å². The first-order chi connectivity index (χ1) is 8.67. The number of carbonyl (C=O) groups is 1. The molecule has 1 aromatic carbocycles.